The molecule has 94 valence electrons. The van der Waals surface area contributed by atoms with Crippen LogP contribution in [0.15, 0.2) is 12.2 Å². The van der Waals surface area contributed by atoms with Gasteiger partial charge in [0.2, 0.25) is 0 Å². The lowest BCUT2D eigenvalue weighted by molar-refractivity contribution is 0.245. The molecule has 0 unspecified atom stereocenters. The first-order valence-corrected chi connectivity index (χ1v) is 7.17. The maximum absolute atomic E-state index is 2.45. The molecule has 0 heterocycles. The Labute approximate surface area is 103 Å². The van der Waals surface area contributed by atoms with Gasteiger partial charge in [-0.3, -0.25) is 0 Å². The van der Waals surface area contributed by atoms with Gasteiger partial charge in [0.1, 0.15) is 0 Å². The number of allylic oxidation sites excluding steroid dienone is 2. The third kappa shape index (κ3) is 4.31. The zero-order chi connectivity index (χ0) is 12.1. The van der Waals surface area contributed by atoms with Crippen LogP contribution in [-0.2, 0) is 0 Å². The molecule has 0 fully saturated rings. The van der Waals surface area contributed by atoms with Crippen LogP contribution in [0, 0.1) is 29.6 Å². The zero-order valence-corrected chi connectivity index (χ0v) is 11.9. The van der Waals surface area contributed by atoms with Gasteiger partial charge in [-0.15, -0.1) is 0 Å². The molecular weight excluding hydrogens is 192 g/mol. The van der Waals surface area contributed by atoms with E-state index in [1.807, 2.05) is 0 Å². The summed E-state index contributed by atoms with van der Waals surface area (Å²) in [4.78, 5) is 0. The van der Waals surface area contributed by atoms with E-state index in [0.717, 1.165) is 29.6 Å². The Morgan fingerprint density at radius 2 is 1.75 bits per heavy atom. The highest BCUT2D eigenvalue weighted by Gasteiger charge is 2.21. The first-order valence-electron chi connectivity index (χ1n) is 7.17. The minimum Gasteiger partial charge on any atom is -0.0880 e. The fourth-order valence-electron chi connectivity index (χ4n) is 2.75. The SMILES string of the molecule is CC(C)[C@H]1CC[C@@H](C)CC=C[C@H](C)[C@@H](C)C1. The lowest BCUT2D eigenvalue weighted by Gasteiger charge is -2.28. The molecule has 0 saturated carbocycles. The van der Waals surface area contributed by atoms with Crippen LogP contribution < -0.4 is 0 Å². The zero-order valence-electron chi connectivity index (χ0n) is 11.9. The smallest absolute Gasteiger partial charge is 0.0236 e. The van der Waals surface area contributed by atoms with E-state index < -0.39 is 0 Å². The monoisotopic (exact) mass is 222 g/mol. The van der Waals surface area contributed by atoms with Gasteiger partial charge in [0.05, 0.1) is 0 Å². The van der Waals surface area contributed by atoms with Gasteiger partial charge in [-0.25, -0.2) is 0 Å². The quantitative estimate of drug-likeness (QED) is 0.528. The molecule has 0 N–H and O–H groups in total. The van der Waals surface area contributed by atoms with Crippen LogP contribution in [0.5, 0.6) is 0 Å². The predicted molar refractivity (Wildman–Crippen MR) is 73.4 cm³/mol. The Morgan fingerprint density at radius 1 is 1.06 bits per heavy atom. The molecule has 0 saturated heterocycles. The molecule has 4 atom stereocenters. The molecule has 0 aliphatic heterocycles. The molecule has 0 radical (unpaired) electrons. The normalized spacial score (nSPS) is 37.6. The first-order chi connectivity index (χ1) is 7.50. The largest absolute Gasteiger partial charge is 0.0880 e. The van der Waals surface area contributed by atoms with Crippen molar-refractivity contribution < 1.29 is 0 Å². The van der Waals surface area contributed by atoms with Crippen LogP contribution in [0.25, 0.3) is 0 Å². The summed E-state index contributed by atoms with van der Waals surface area (Å²) in [5, 5.41) is 0. The molecule has 0 aromatic carbocycles. The molecule has 0 heteroatoms. The van der Waals surface area contributed by atoms with Crippen molar-refractivity contribution in [2.75, 3.05) is 0 Å². The van der Waals surface area contributed by atoms with Gasteiger partial charge >= 0.3 is 0 Å². The van der Waals surface area contributed by atoms with Crippen molar-refractivity contribution in [3.05, 3.63) is 12.2 Å². The molecule has 0 spiro atoms. The van der Waals surface area contributed by atoms with Gasteiger partial charge in [0.25, 0.3) is 0 Å². The Hall–Kier alpha value is -0.260. The summed E-state index contributed by atoms with van der Waals surface area (Å²) in [5.74, 6) is 4.26. The predicted octanol–water partition coefficient (Wildman–Crippen LogP) is 5.30. The van der Waals surface area contributed by atoms with Crippen molar-refractivity contribution in [2.45, 2.75) is 60.3 Å². The van der Waals surface area contributed by atoms with Crippen LogP contribution in [-0.4, -0.2) is 0 Å². The first kappa shape index (κ1) is 13.8. The maximum Gasteiger partial charge on any atom is -0.0236 e. The summed E-state index contributed by atoms with van der Waals surface area (Å²) in [7, 11) is 0. The molecule has 1 rings (SSSR count). The molecule has 0 amide bonds. The van der Waals surface area contributed by atoms with E-state index in [0.29, 0.717) is 0 Å². The summed E-state index contributed by atoms with van der Waals surface area (Å²) in [6, 6.07) is 0. The van der Waals surface area contributed by atoms with Gasteiger partial charge in [-0.1, -0.05) is 53.2 Å². The average Bonchev–Trinajstić information content (AvgIpc) is 2.22. The third-order valence-corrected chi connectivity index (χ3v) is 4.52. The van der Waals surface area contributed by atoms with Crippen molar-refractivity contribution in [1.29, 1.82) is 0 Å². The Morgan fingerprint density at radius 3 is 2.38 bits per heavy atom. The van der Waals surface area contributed by atoms with Crippen LogP contribution >= 0.6 is 0 Å². The van der Waals surface area contributed by atoms with Crippen molar-refractivity contribution in [3.8, 4) is 0 Å². The van der Waals surface area contributed by atoms with Crippen molar-refractivity contribution in [3.63, 3.8) is 0 Å². The molecule has 16 heavy (non-hydrogen) atoms. The van der Waals surface area contributed by atoms with E-state index in [4.69, 9.17) is 0 Å². The van der Waals surface area contributed by atoms with Gasteiger partial charge < -0.3 is 0 Å². The highest BCUT2D eigenvalue weighted by molar-refractivity contribution is 4.91. The fourth-order valence-corrected chi connectivity index (χ4v) is 2.75. The lowest BCUT2D eigenvalue weighted by Crippen LogP contribution is -2.18. The van der Waals surface area contributed by atoms with E-state index in [2.05, 4.69) is 46.8 Å². The Kier molecular flexibility index (Phi) is 5.58. The second-order valence-corrected chi connectivity index (χ2v) is 6.42. The van der Waals surface area contributed by atoms with E-state index >= 15 is 0 Å². The molecule has 1 aliphatic carbocycles. The van der Waals surface area contributed by atoms with Gasteiger partial charge in [0.15, 0.2) is 0 Å². The van der Waals surface area contributed by atoms with Crippen molar-refractivity contribution in [1.82, 2.24) is 0 Å². The second-order valence-electron chi connectivity index (χ2n) is 6.42. The van der Waals surface area contributed by atoms with Gasteiger partial charge in [-0.05, 0) is 48.9 Å². The Bertz CT molecular complexity index is 214. The van der Waals surface area contributed by atoms with Gasteiger partial charge in [0, 0.05) is 0 Å². The average molecular weight is 222 g/mol. The van der Waals surface area contributed by atoms with E-state index in [-0.39, 0.29) is 0 Å². The minimum atomic E-state index is 0.756. The van der Waals surface area contributed by atoms with Crippen molar-refractivity contribution >= 4 is 0 Å². The van der Waals surface area contributed by atoms with E-state index in [1.165, 1.54) is 25.7 Å². The standard InChI is InChI=1S/C16H30/c1-12(2)16-10-9-13(3)7-6-8-14(4)15(5)11-16/h6,8,12-16H,7,9-11H2,1-5H3/t13-,14-,15-,16-/m0/s1. The summed E-state index contributed by atoms with van der Waals surface area (Å²) < 4.78 is 0. The highest BCUT2D eigenvalue weighted by Crippen LogP contribution is 2.32. The Balaban J connectivity index is 2.67. The third-order valence-electron chi connectivity index (χ3n) is 4.52. The maximum atomic E-state index is 2.45. The summed E-state index contributed by atoms with van der Waals surface area (Å²) >= 11 is 0. The molecule has 0 aromatic rings. The number of hydrogen-bond donors (Lipinski definition) is 0. The van der Waals surface area contributed by atoms with Crippen LogP contribution in [0.3, 0.4) is 0 Å². The topological polar surface area (TPSA) is 0 Å². The summed E-state index contributed by atoms with van der Waals surface area (Å²) in [5.41, 5.74) is 0. The van der Waals surface area contributed by atoms with Crippen LogP contribution in [0.2, 0.25) is 0 Å². The van der Waals surface area contributed by atoms with Crippen LogP contribution in [0.4, 0.5) is 0 Å². The summed E-state index contributed by atoms with van der Waals surface area (Å²) in [6.07, 6.45) is 10.4. The van der Waals surface area contributed by atoms with E-state index in [1.54, 1.807) is 0 Å². The second kappa shape index (κ2) is 6.47. The molecule has 0 nitrogen and oxygen atoms in total. The molecule has 0 aromatic heterocycles. The van der Waals surface area contributed by atoms with Gasteiger partial charge in [-0.2, -0.15) is 0 Å². The number of rotatable bonds is 1. The fraction of sp³-hybridized carbons (Fsp3) is 0.875. The lowest BCUT2D eigenvalue weighted by atomic mass is 9.77. The van der Waals surface area contributed by atoms with Crippen LogP contribution in [0.1, 0.15) is 60.3 Å². The molecule has 1 aliphatic rings. The summed E-state index contributed by atoms with van der Waals surface area (Å²) in [6.45, 7) is 12.0. The number of hydrogen-bond acceptors (Lipinski definition) is 0. The highest BCUT2D eigenvalue weighted by atomic mass is 14.3. The van der Waals surface area contributed by atoms with Crippen molar-refractivity contribution in [2.24, 2.45) is 29.6 Å². The molecular formula is C16H30. The molecule has 0 bridgehead atoms. The van der Waals surface area contributed by atoms with E-state index in [9.17, 15) is 0 Å². The minimum absolute atomic E-state index is 0.756.